The number of rotatable bonds is 2. The van der Waals surface area contributed by atoms with Crippen LogP contribution in [0.25, 0.3) is 0 Å². The summed E-state index contributed by atoms with van der Waals surface area (Å²) in [5.41, 5.74) is -0.0287. The Bertz CT molecular complexity index is 493. The molecule has 1 spiro atoms. The SMILES string of the molecule is CC(C)(C)OC(=O)N[C@@H]1CCC[C@H](C(=O)N2CCC3(CCC3)C2)C1. The Morgan fingerprint density at radius 3 is 2.46 bits per heavy atom. The number of ether oxygens (including phenoxy) is 1. The van der Waals surface area contributed by atoms with Crippen molar-refractivity contribution in [3.63, 3.8) is 0 Å². The first-order chi connectivity index (χ1) is 11.3. The van der Waals surface area contributed by atoms with E-state index in [2.05, 4.69) is 10.2 Å². The van der Waals surface area contributed by atoms with Crippen LogP contribution in [-0.4, -0.2) is 41.6 Å². The van der Waals surface area contributed by atoms with Crippen molar-refractivity contribution in [1.82, 2.24) is 10.2 Å². The van der Waals surface area contributed by atoms with Gasteiger partial charge in [-0.1, -0.05) is 12.8 Å². The highest BCUT2D eigenvalue weighted by Crippen LogP contribution is 2.48. The lowest BCUT2D eigenvalue weighted by atomic mass is 9.68. The Morgan fingerprint density at radius 1 is 1.12 bits per heavy atom. The summed E-state index contributed by atoms with van der Waals surface area (Å²) in [5.74, 6) is 0.378. The van der Waals surface area contributed by atoms with Gasteiger partial charge in [-0.2, -0.15) is 0 Å². The van der Waals surface area contributed by atoms with Crippen molar-refractivity contribution in [2.75, 3.05) is 13.1 Å². The van der Waals surface area contributed by atoms with E-state index in [0.29, 0.717) is 11.3 Å². The van der Waals surface area contributed by atoms with Crippen LogP contribution in [0.4, 0.5) is 4.79 Å². The maximum atomic E-state index is 12.9. The van der Waals surface area contributed by atoms with E-state index in [1.54, 1.807) is 0 Å². The molecule has 2 saturated carbocycles. The fourth-order valence-corrected chi connectivity index (χ4v) is 4.49. The number of amides is 2. The van der Waals surface area contributed by atoms with Gasteiger partial charge >= 0.3 is 6.09 Å². The van der Waals surface area contributed by atoms with E-state index in [9.17, 15) is 9.59 Å². The van der Waals surface area contributed by atoms with E-state index in [-0.39, 0.29) is 18.1 Å². The molecule has 0 aromatic rings. The van der Waals surface area contributed by atoms with Crippen LogP contribution in [0.2, 0.25) is 0 Å². The van der Waals surface area contributed by atoms with Gasteiger partial charge < -0.3 is 15.0 Å². The first kappa shape index (κ1) is 17.6. The molecule has 5 heteroatoms. The third-order valence-electron chi connectivity index (χ3n) is 5.91. The molecule has 5 nitrogen and oxygen atoms in total. The molecule has 1 aliphatic heterocycles. The van der Waals surface area contributed by atoms with Crippen molar-refractivity contribution >= 4 is 12.0 Å². The normalized spacial score (nSPS) is 29.2. The zero-order chi connectivity index (χ0) is 17.4. The Kier molecular flexibility index (Phi) is 4.80. The summed E-state index contributed by atoms with van der Waals surface area (Å²) in [4.78, 5) is 26.9. The number of nitrogens with zero attached hydrogens (tertiary/aromatic N) is 1. The molecule has 136 valence electrons. The van der Waals surface area contributed by atoms with Crippen LogP contribution in [0.3, 0.4) is 0 Å². The van der Waals surface area contributed by atoms with Crippen LogP contribution in [0.5, 0.6) is 0 Å². The smallest absolute Gasteiger partial charge is 0.407 e. The number of alkyl carbamates (subject to hydrolysis) is 1. The number of carbonyl (C=O) groups is 2. The molecule has 3 rings (SSSR count). The van der Waals surface area contributed by atoms with E-state index in [1.807, 2.05) is 20.8 Å². The highest BCUT2D eigenvalue weighted by molar-refractivity contribution is 5.79. The molecular weight excluding hydrogens is 304 g/mol. The minimum absolute atomic E-state index is 0.0582. The molecule has 0 bridgehead atoms. The van der Waals surface area contributed by atoms with Gasteiger partial charge in [-0.25, -0.2) is 4.79 Å². The Balaban J connectivity index is 1.50. The average molecular weight is 336 g/mol. The van der Waals surface area contributed by atoms with Crippen LogP contribution in [-0.2, 0) is 9.53 Å². The third-order valence-corrected chi connectivity index (χ3v) is 5.91. The molecule has 0 unspecified atom stereocenters. The molecule has 1 N–H and O–H groups in total. The fourth-order valence-electron chi connectivity index (χ4n) is 4.49. The van der Waals surface area contributed by atoms with E-state index in [0.717, 1.165) is 38.8 Å². The van der Waals surface area contributed by atoms with Gasteiger partial charge in [0.1, 0.15) is 5.60 Å². The quantitative estimate of drug-likeness (QED) is 0.840. The monoisotopic (exact) mass is 336 g/mol. The third kappa shape index (κ3) is 4.04. The zero-order valence-electron chi connectivity index (χ0n) is 15.4. The van der Waals surface area contributed by atoms with Crippen molar-refractivity contribution in [1.29, 1.82) is 0 Å². The standard InChI is InChI=1S/C19H32N2O3/c1-18(2,3)24-17(23)20-15-7-4-6-14(12-15)16(22)21-11-10-19(13-21)8-5-9-19/h14-15H,4-13H2,1-3H3,(H,20,23)/t14-,15+/m0/s1. The van der Waals surface area contributed by atoms with Gasteiger partial charge in [-0.3, -0.25) is 4.79 Å². The van der Waals surface area contributed by atoms with Crippen LogP contribution in [0.1, 0.15) is 72.1 Å². The summed E-state index contributed by atoms with van der Waals surface area (Å²) < 4.78 is 5.34. The fraction of sp³-hybridized carbons (Fsp3) is 0.895. The van der Waals surface area contributed by atoms with Gasteiger partial charge in [-0.05, 0) is 64.7 Å². The Morgan fingerprint density at radius 2 is 1.88 bits per heavy atom. The average Bonchev–Trinajstić information content (AvgIpc) is 2.90. The lowest BCUT2D eigenvalue weighted by Crippen LogP contribution is -2.45. The molecule has 3 aliphatic rings. The first-order valence-electron chi connectivity index (χ1n) is 9.55. The number of hydrogen-bond donors (Lipinski definition) is 1. The van der Waals surface area contributed by atoms with Gasteiger partial charge in [0.05, 0.1) is 0 Å². The second kappa shape index (κ2) is 6.57. The number of carbonyl (C=O) groups excluding carboxylic acids is 2. The van der Waals surface area contributed by atoms with E-state index >= 15 is 0 Å². The topological polar surface area (TPSA) is 58.6 Å². The molecule has 3 fully saturated rings. The maximum absolute atomic E-state index is 12.9. The molecule has 0 radical (unpaired) electrons. The summed E-state index contributed by atoms with van der Waals surface area (Å²) in [6.07, 6.45) is 8.38. The molecule has 0 aromatic heterocycles. The van der Waals surface area contributed by atoms with Crippen molar-refractivity contribution in [2.24, 2.45) is 11.3 Å². The summed E-state index contributed by atoms with van der Waals surface area (Å²) in [5, 5.41) is 2.96. The van der Waals surface area contributed by atoms with Crippen LogP contribution in [0, 0.1) is 11.3 Å². The molecule has 24 heavy (non-hydrogen) atoms. The van der Waals surface area contributed by atoms with Crippen LogP contribution >= 0.6 is 0 Å². The maximum Gasteiger partial charge on any atom is 0.407 e. The van der Waals surface area contributed by atoms with Gasteiger partial charge in [0, 0.05) is 25.0 Å². The predicted molar refractivity (Wildman–Crippen MR) is 92.6 cm³/mol. The van der Waals surface area contributed by atoms with Crippen LogP contribution < -0.4 is 5.32 Å². The summed E-state index contributed by atoms with van der Waals surface area (Å²) in [6.45, 7) is 7.49. The second-order valence-corrected chi connectivity index (χ2v) is 9.07. The second-order valence-electron chi connectivity index (χ2n) is 9.07. The minimum atomic E-state index is -0.486. The van der Waals surface area contributed by atoms with Crippen molar-refractivity contribution in [3.05, 3.63) is 0 Å². The number of likely N-dealkylation sites (tertiary alicyclic amines) is 1. The Labute approximate surface area is 145 Å². The molecule has 2 aliphatic carbocycles. The highest BCUT2D eigenvalue weighted by atomic mass is 16.6. The van der Waals surface area contributed by atoms with Gasteiger partial charge in [-0.15, -0.1) is 0 Å². The lowest BCUT2D eigenvalue weighted by Gasteiger charge is -2.38. The molecule has 1 saturated heterocycles. The first-order valence-corrected chi connectivity index (χ1v) is 9.55. The Hall–Kier alpha value is -1.26. The summed E-state index contributed by atoms with van der Waals surface area (Å²) in [6, 6.07) is 0.0582. The molecule has 1 heterocycles. The summed E-state index contributed by atoms with van der Waals surface area (Å²) >= 11 is 0. The largest absolute Gasteiger partial charge is 0.444 e. The molecule has 2 atom stereocenters. The lowest BCUT2D eigenvalue weighted by molar-refractivity contribution is -0.136. The van der Waals surface area contributed by atoms with Gasteiger partial charge in [0.15, 0.2) is 0 Å². The van der Waals surface area contributed by atoms with E-state index < -0.39 is 5.60 Å². The zero-order valence-corrected chi connectivity index (χ0v) is 15.4. The summed E-state index contributed by atoms with van der Waals surface area (Å²) in [7, 11) is 0. The van der Waals surface area contributed by atoms with Crippen molar-refractivity contribution < 1.29 is 14.3 Å². The van der Waals surface area contributed by atoms with Crippen molar-refractivity contribution in [2.45, 2.75) is 83.8 Å². The minimum Gasteiger partial charge on any atom is -0.444 e. The van der Waals surface area contributed by atoms with Crippen molar-refractivity contribution in [3.8, 4) is 0 Å². The van der Waals surface area contributed by atoms with Crippen LogP contribution in [0.15, 0.2) is 0 Å². The predicted octanol–water partition coefficient (Wildman–Crippen LogP) is 3.47. The highest BCUT2D eigenvalue weighted by Gasteiger charge is 2.45. The van der Waals surface area contributed by atoms with Gasteiger partial charge in [0.25, 0.3) is 0 Å². The van der Waals surface area contributed by atoms with Gasteiger partial charge in [0.2, 0.25) is 5.91 Å². The molecular formula is C19H32N2O3. The van der Waals surface area contributed by atoms with E-state index in [4.69, 9.17) is 4.74 Å². The molecule has 2 amide bonds. The number of nitrogens with one attached hydrogen (secondary N) is 1. The number of hydrogen-bond acceptors (Lipinski definition) is 3. The molecule has 0 aromatic carbocycles. The van der Waals surface area contributed by atoms with E-state index in [1.165, 1.54) is 25.7 Å².